The van der Waals surface area contributed by atoms with E-state index in [-0.39, 0.29) is 6.23 Å². The second-order valence-corrected chi connectivity index (χ2v) is 10.4. The Labute approximate surface area is 223 Å². The van der Waals surface area contributed by atoms with Gasteiger partial charge in [0, 0.05) is 42.3 Å². The van der Waals surface area contributed by atoms with E-state index in [0.717, 1.165) is 47.1 Å². The number of nitrogens with one attached hydrogen (secondary N) is 1. The second-order valence-electron chi connectivity index (χ2n) is 10.4. The minimum absolute atomic E-state index is 0.0143. The minimum atomic E-state index is -0.0143. The summed E-state index contributed by atoms with van der Waals surface area (Å²) in [5.41, 5.74) is 1.82. The zero-order chi connectivity index (χ0) is 25.9. The van der Waals surface area contributed by atoms with Gasteiger partial charge in [0.25, 0.3) is 0 Å². The van der Waals surface area contributed by atoms with Crippen molar-refractivity contribution in [2.75, 3.05) is 33.3 Å². The highest BCUT2D eigenvalue weighted by molar-refractivity contribution is 5.87. The van der Waals surface area contributed by atoms with Crippen LogP contribution >= 0.6 is 0 Å². The van der Waals surface area contributed by atoms with Crippen molar-refractivity contribution in [2.45, 2.75) is 57.7 Å². The molecule has 0 amide bonds. The van der Waals surface area contributed by atoms with Gasteiger partial charge in [0.1, 0.15) is 12.1 Å². The predicted molar refractivity (Wildman–Crippen MR) is 149 cm³/mol. The molecule has 2 fully saturated rings. The van der Waals surface area contributed by atoms with E-state index in [2.05, 4.69) is 31.7 Å². The van der Waals surface area contributed by atoms with Gasteiger partial charge in [-0.05, 0) is 75.5 Å². The maximum Gasteiger partial charge on any atom is 0.230 e. The third-order valence-corrected chi connectivity index (χ3v) is 7.98. The summed E-state index contributed by atoms with van der Waals surface area (Å²) in [5.74, 6) is 2.56. The summed E-state index contributed by atoms with van der Waals surface area (Å²) in [5, 5.41) is 1.86. The maximum atomic E-state index is 6.64. The lowest BCUT2D eigenvalue weighted by Gasteiger charge is -2.43. The fourth-order valence-electron chi connectivity index (χ4n) is 5.97. The number of aromatic amines is 1. The van der Waals surface area contributed by atoms with Crippen LogP contribution in [0.25, 0.3) is 21.8 Å². The third-order valence-electron chi connectivity index (χ3n) is 7.98. The van der Waals surface area contributed by atoms with E-state index in [1.807, 2.05) is 42.6 Å². The van der Waals surface area contributed by atoms with Crippen molar-refractivity contribution < 1.29 is 14.2 Å². The maximum absolute atomic E-state index is 6.64. The number of nitrogens with zero attached hydrogens (tertiary/aromatic N) is 4. The normalized spacial score (nSPS) is 20.0. The van der Waals surface area contributed by atoms with E-state index >= 15 is 0 Å². The number of methoxy groups -OCH3 is 1. The molecule has 2 aliphatic heterocycles. The summed E-state index contributed by atoms with van der Waals surface area (Å²) in [6.07, 6.45) is 10.8. The van der Waals surface area contributed by atoms with Crippen LogP contribution in [0.3, 0.4) is 0 Å². The molecule has 2 aromatic carbocycles. The number of aromatic nitrogens is 3. The largest absolute Gasteiger partial charge is 0.493 e. The molecule has 8 heteroatoms. The number of likely N-dealkylation sites (tertiary alicyclic amines) is 2. The fourth-order valence-corrected chi connectivity index (χ4v) is 5.97. The van der Waals surface area contributed by atoms with E-state index in [0.29, 0.717) is 23.4 Å². The Kier molecular flexibility index (Phi) is 7.33. The standard InChI is InChI=1S/C30H37N5O3/c1-3-29(35-15-7-8-22(19-35)34-13-5-4-6-14-34)38-28-18-26-24(17-27(28)36-2)30(33-20-32-26)37-23-9-10-25-21(16-23)11-12-31-25/h9-12,16-18,20,22,29,31H,3-8,13-15,19H2,1-2H3. The highest BCUT2D eigenvalue weighted by atomic mass is 16.5. The van der Waals surface area contributed by atoms with Crippen LogP contribution in [0.2, 0.25) is 0 Å². The lowest BCUT2D eigenvalue weighted by molar-refractivity contribution is -0.0219. The summed E-state index contributed by atoms with van der Waals surface area (Å²) in [6.45, 7) is 6.78. The first kappa shape index (κ1) is 24.9. The Bertz CT molecular complexity index is 1380. The molecule has 0 aliphatic carbocycles. The molecule has 38 heavy (non-hydrogen) atoms. The van der Waals surface area contributed by atoms with Crippen molar-refractivity contribution in [3.8, 4) is 23.1 Å². The van der Waals surface area contributed by atoms with E-state index < -0.39 is 0 Å². The molecule has 2 atom stereocenters. The van der Waals surface area contributed by atoms with Gasteiger partial charge in [0.2, 0.25) is 5.88 Å². The second kappa shape index (κ2) is 11.2. The van der Waals surface area contributed by atoms with Gasteiger partial charge in [0.15, 0.2) is 17.7 Å². The van der Waals surface area contributed by atoms with Crippen molar-refractivity contribution in [1.29, 1.82) is 0 Å². The van der Waals surface area contributed by atoms with Gasteiger partial charge in [-0.3, -0.25) is 9.80 Å². The average Bonchev–Trinajstić information content (AvgIpc) is 3.44. The molecule has 2 aliphatic rings. The molecule has 2 aromatic heterocycles. The number of ether oxygens (including phenoxy) is 3. The first-order valence-electron chi connectivity index (χ1n) is 13.9. The van der Waals surface area contributed by atoms with Gasteiger partial charge in [-0.15, -0.1) is 0 Å². The Morgan fingerprint density at radius 1 is 1.00 bits per heavy atom. The van der Waals surface area contributed by atoms with Crippen LogP contribution in [0.4, 0.5) is 0 Å². The molecule has 6 rings (SSSR count). The van der Waals surface area contributed by atoms with E-state index in [4.69, 9.17) is 14.2 Å². The van der Waals surface area contributed by atoms with Crippen molar-refractivity contribution in [1.82, 2.24) is 24.8 Å². The summed E-state index contributed by atoms with van der Waals surface area (Å²) in [7, 11) is 1.67. The van der Waals surface area contributed by atoms with E-state index in [1.165, 1.54) is 51.5 Å². The third kappa shape index (κ3) is 5.15. The van der Waals surface area contributed by atoms with Crippen LogP contribution in [0.5, 0.6) is 23.1 Å². The molecule has 0 spiro atoms. The molecule has 200 valence electrons. The number of hydrogen-bond donors (Lipinski definition) is 1. The van der Waals surface area contributed by atoms with Crippen LogP contribution in [0.15, 0.2) is 48.9 Å². The molecule has 2 saturated heterocycles. The summed E-state index contributed by atoms with van der Waals surface area (Å²) >= 11 is 0. The van der Waals surface area contributed by atoms with E-state index in [1.54, 1.807) is 7.11 Å². The number of hydrogen-bond acceptors (Lipinski definition) is 7. The smallest absolute Gasteiger partial charge is 0.230 e. The first-order chi connectivity index (χ1) is 18.7. The summed E-state index contributed by atoms with van der Waals surface area (Å²) in [4.78, 5) is 17.4. The summed E-state index contributed by atoms with van der Waals surface area (Å²) < 4.78 is 18.6. The molecular weight excluding hydrogens is 478 g/mol. The van der Waals surface area contributed by atoms with Crippen LogP contribution in [-0.4, -0.2) is 70.3 Å². The van der Waals surface area contributed by atoms with Gasteiger partial charge >= 0.3 is 0 Å². The number of fused-ring (bicyclic) bond motifs is 2. The number of piperidine rings is 2. The zero-order valence-corrected chi connectivity index (χ0v) is 22.4. The van der Waals surface area contributed by atoms with Gasteiger partial charge < -0.3 is 19.2 Å². The molecular formula is C30H37N5O3. The molecule has 0 bridgehead atoms. The lowest BCUT2D eigenvalue weighted by Crippen LogP contribution is -2.53. The van der Waals surface area contributed by atoms with Crippen molar-refractivity contribution in [3.05, 3.63) is 48.9 Å². The SMILES string of the molecule is CCC(Oc1cc2ncnc(Oc3ccc4[nH]ccc4c3)c2cc1OC)N1CCCC(N2CCCCC2)C1. The van der Waals surface area contributed by atoms with Crippen molar-refractivity contribution in [3.63, 3.8) is 0 Å². The van der Waals surface area contributed by atoms with Gasteiger partial charge in [-0.25, -0.2) is 9.97 Å². The Morgan fingerprint density at radius 2 is 1.89 bits per heavy atom. The van der Waals surface area contributed by atoms with Crippen LogP contribution in [0.1, 0.15) is 45.4 Å². The molecule has 0 radical (unpaired) electrons. The highest BCUT2D eigenvalue weighted by Gasteiger charge is 2.30. The minimum Gasteiger partial charge on any atom is -0.493 e. The quantitative estimate of drug-likeness (QED) is 0.309. The molecule has 2 unspecified atom stereocenters. The molecule has 1 N–H and O–H groups in total. The highest BCUT2D eigenvalue weighted by Crippen LogP contribution is 2.37. The Balaban J connectivity index is 1.23. The van der Waals surface area contributed by atoms with Crippen molar-refractivity contribution >= 4 is 21.8 Å². The fraction of sp³-hybridized carbons (Fsp3) is 0.467. The van der Waals surface area contributed by atoms with Gasteiger partial charge in [-0.1, -0.05) is 13.3 Å². The van der Waals surface area contributed by atoms with Crippen LogP contribution in [0, 0.1) is 0 Å². The predicted octanol–water partition coefficient (Wildman–Crippen LogP) is 5.98. The van der Waals surface area contributed by atoms with Gasteiger partial charge in [0.05, 0.1) is 18.0 Å². The first-order valence-corrected chi connectivity index (χ1v) is 13.9. The number of H-pyrrole nitrogens is 1. The number of benzene rings is 2. The van der Waals surface area contributed by atoms with Crippen LogP contribution < -0.4 is 14.2 Å². The van der Waals surface area contributed by atoms with Crippen molar-refractivity contribution in [2.24, 2.45) is 0 Å². The number of rotatable bonds is 8. The molecule has 8 nitrogen and oxygen atoms in total. The summed E-state index contributed by atoms with van der Waals surface area (Å²) in [6, 6.07) is 12.5. The van der Waals surface area contributed by atoms with E-state index in [9.17, 15) is 0 Å². The Hall–Kier alpha value is -3.36. The average molecular weight is 516 g/mol. The lowest BCUT2D eigenvalue weighted by atomic mass is 10.0. The van der Waals surface area contributed by atoms with Gasteiger partial charge in [-0.2, -0.15) is 0 Å². The molecule has 4 aromatic rings. The monoisotopic (exact) mass is 515 g/mol. The Morgan fingerprint density at radius 3 is 2.74 bits per heavy atom. The molecule has 0 saturated carbocycles. The topological polar surface area (TPSA) is 75.7 Å². The molecule has 4 heterocycles. The zero-order valence-electron chi connectivity index (χ0n) is 22.4. The van der Waals surface area contributed by atoms with Crippen LogP contribution in [-0.2, 0) is 0 Å².